The highest BCUT2D eigenvalue weighted by atomic mass is 19.1. The maximum Gasteiger partial charge on any atom is 0.261 e. The van der Waals surface area contributed by atoms with Crippen LogP contribution in [0.4, 0.5) is 10.2 Å². The summed E-state index contributed by atoms with van der Waals surface area (Å²) in [4.78, 5) is 14.3. The number of aryl methyl sites for hydroxylation is 3. The molecule has 0 amide bonds. The lowest BCUT2D eigenvalue weighted by Gasteiger charge is -2.42. The van der Waals surface area contributed by atoms with E-state index in [4.69, 9.17) is 14.2 Å². The molecule has 182 valence electrons. The summed E-state index contributed by atoms with van der Waals surface area (Å²) in [6.07, 6.45) is 3.04. The van der Waals surface area contributed by atoms with Crippen molar-refractivity contribution in [1.29, 1.82) is 0 Å². The van der Waals surface area contributed by atoms with E-state index in [1.54, 1.807) is 6.07 Å². The Morgan fingerprint density at radius 1 is 1.12 bits per heavy atom. The highest BCUT2D eigenvalue weighted by Crippen LogP contribution is 2.38. The predicted octanol–water partition coefficient (Wildman–Crippen LogP) is 4.54. The van der Waals surface area contributed by atoms with Crippen LogP contribution in [0, 0.1) is 25.6 Å². The lowest BCUT2D eigenvalue weighted by atomic mass is 9.98. The molecule has 0 unspecified atom stereocenters. The summed E-state index contributed by atoms with van der Waals surface area (Å²) in [5, 5.41) is 4.83. The van der Waals surface area contributed by atoms with E-state index in [9.17, 15) is 0 Å². The van der Waals surface area contributed by atoms with Gasteiger partial charge in [-0.1, -0.05) is 12.1 Å². The largest absolute Gasteiger partial charge is 0.381 e. The third-order valence-electron chi connectivity index (χ3n) is 7.33. The molecule has 7 nitrogen and oxygen atoms in total. The number of nitrogens with zero attached hydrogens (tertiary/aromatic N) is 5. The van der Waals surface area contributed by atoms with Gasteiger partial charge in [0, 0.05) is 50.8 Å². The quantitative estimate of drug-likeness (QED) is 0.546. The predicted molar refractivity (Wildman–Crippen MR) is 131 cm³/mol. The van der Waals surface area contributed by atoms with Crippen molar-refractivity contribution in [3.63, 3.8) is 0 Å². The first-order valence-electron chi connectivity index (χ1n) is 12.4. The highest BCUT2D eigenvalue weighted by molar-refractivity contribution is 5.93. The number of rotatable bonds is 5. The lowest BCUT2D eigenvalue weighted by Crippen LogP contribution is -2.53. The maximum atomic E-state index is 15.2. The summed E-state index contributed by atoms with van der Waals surface area (Å²) < 4.78 is 26.3. The van der Waals surface area contributed by atoms with Crippen molar-refractivity contribution in [3.05, 3.63) is 34.9 Å². The molecule has 0 aliphatic carbocycles. The van der Waals surface area contributed by atoms with Gasteiger partial charge in [0.05, 0.1) is 5.56 Å². The average molecular weight is 468 g/mol. The molecule has 4 heterocycles. The summed E-state index contributed by atoms with van der Waals surface area (Å²) in [5.74, 6) is 2.17. The number of aromatic nitrogens is 3. The second-order valence-corrected chi connectivity index (χ2v) is 9.77. The van der Waals surface area contributed by atoms with Gasteiger partial charge in [-0.15, -0.1) is 0 Å². The van der Waals surface area contributed by atoms with Crippen LogP contribution in [-0.4, -0.2) is 65.5 Å². The number of hydrogen-bond acceptors (Lipinski definition) is 7. The van der Waals surface area contributed by atoms with E-state index in [-0.39, 0.29) is 11.9 Å². The summed E-state index contributed by atoms with van der Waals surface area (Å²) in [5.41, 5.74) is 3.09. The molecule has 34 heavy (non-hydrogen) atoms. The van der Waals surface area contributed by atoms with Crippen molar-refractivity contribution in [2.24, 2.45) is 5.92 Å². The van der Waals surface area contributed by atoms with Gasteiger partial charge in [0.25, 0.3) is 5.89 Å². The fraction of sp³-hybridized carbons (Fsp3) is 0.577. The molecule has 2 fully saturated rings. The Morgan fingerprint density at radius 3 is 2.59 bits per heavy atom. The highest BCUT2D eigenvalue weighted by Gasteiger charge is 2.31. The standard InChI is InChI=1S/C26H34FN5O2/c1-5-19-12-21-17(3)23(26-28-18(4)30-34-26)25(29-24(21)22(27)13-19)32-9-8-31(14-16(32)2)15-20-6-10-33-11-7-20/h12-13,16,20H,5-11,14-15H2,1-4H3/t16-/m1/s1. The van der Waals surface area contributed by atoms with E-state index in [2.05, 4.69) is 26.9 Å². The fourth-order valence-electron chi connectivity index (χ4n) is 5.39. The molecule has 8 heteroatoms. The van der Waals surface area contributed by atoms with Gasteiger partial charge >= 0.3 is 0 Å². The molecule has 1 atom stereocenters. The molecule has 0 spiro atoms. The van der Waals surface area contributed by atoms with Crippen LogP contribution in [0.25, 0.3) is 22.4 Å². The first-order chi connectivity index (χ1) is 16.4. The van der Waals surface area contributed by atoms with E-state index in [0.29, 0.717) is 23.1 Å². The fourth-order valence-corrected chi connectivity index (χ4v) is 5.39. The number of anilines is 1. The first-order valence-corrected chi connectivity index (χ1v) is 12.4. The Bertz CT molecular complexity index is 1170. The average Bonchev–Trinajstić information content (AvgIpc) is 3.26. The molecule has 2 saturated heterocycles. The minimum absolute atomic E-state index is 0.221. The zero-order valence-electron chi connectivity index (χ0n) is 20.6. The van der Waals surface area contributed by atoms with Crippen molar-refractivity contribution < 1.29 is 13.7 Å². The first kappa shape index (κ1) is 23.2. The van der Waals surface area contributed by atoms with E-state index in [0.717, 1.165) is 86.5 Å². The third-order valence-corrected chi connectivity index (χ3v) is 7.33. The van der Waals surface area contributed by atoms with Crippen LogP contribution in [-0.2, 0) is 11.2 Å². The molecule has 0 N–H and O–H groups in total. The van der Waals surface area contributed by atoms with E-state index in [1.807, 2.05) is 26.8 Å². The molecule has 5 rings (SSSR count). The summed E-state index contributed by atoms with van der Waals surface area (Å²) in [6.45, 7) is 13.6. The summed E-state index contributed by atoms with van der Waals surface area (Å²) in [6, 6.07) is 3.86. The zero-order chi connectivity index (χ0) is 23.8. The molecule has 2 aromatic heterocycles. The Morgan fingerprint density at radius 2 is 1.91 bits per heavy atom. The number of benzene rings is 1. The minimum Gasteiger partial charge on any atom is -0.381 e. The molecular weight excluding hydrogens is 433 g/mol. The minimum atomic E-state index is -0.280. The van der Waals surface area contributed by atoms with Crippen molar-refractivity contribution in [2.45, 2.75) is 53.0 Å². The molecule has 2 aliphatic heterocycles. The van der Waals surface area contributed by atoms with Gasteiger partial charge in [-0.05, 0) is 69.2 Å². The second-order valence-electron chi connectivity index (χ2n) is 9.77. The number of hydrogen-bond donors (Lipinski definition) is 0. The summed E-state index contributed by atoms with van der Waals surface area (Å²) in [7, 11) is 0. The smallest absolute Gasteiger partial charge is 0.261 e. The van der Waals surface area contributed by atoms with Gasteiger partial charge in [-0.25, -0.2) is 9.37 Å². The second kappa shape index (κ2) is 9.58. The third kappa shape index (κ3) is 4.41. The van der Waals surface area contributed by atoms with E-state index in [1.165, 1.54) is 0 Å². The van der Waals surface area contributed by atoms with Crippen molar-refractivity contribution in [2.75, 3.05) is 44.3 Å². The van der Waals surface area contributed by atoms with E-state index < -0.39 is 0 Å². The SMILES string of the molecule is CCc1cc(F)c2nc(N3CCN(CC4CCOCC4)C[C@H]3C)c(-c3nc(C)no3)c(C)c2c1. The van der Waals surface area contributed by atoms with E-state index >= 15 is 4.39 Å². The van der Waals surface area contributed by atoms with Crippen molar-refractivity contribution in [1.82, 2.24) is 20.0 Å². The topological polar surface area (TPSA) is 67.5 Å². The van der Waals surface area contributed by atoms with Crippen LogP contribution >= 0.6 is 0 Å². The lowest BCUT2D eigenvalue weighted by molar-refractivity contribution is 0.0500. The monoisotopic (exact) mass is 467 g/mol. The van der Waals surface area contributed by atoms with Crippen molar-refractivity contribution >= 4 is 16.7 Å². The molecule has 1 aromatic carbocycles. The van der Waals surface area contributed by atoms with Gasteiger partial charge < -0.3 is 14.2 Å². The van der Waals surface area contributed by atoms with Crippen LogP contribution < -0.4 is 4.90 Å². The Hall–Kier alpha value is -2.58. The number of halogens is 1. The van der Waals surface area contributed by atoms with Crippen molar-refractivity contribution in [3.8, 4) is 11.5 Å². The van der Waals surface area contributed by atoms with Gasteiger partial charge in [0.1, 0.15) is 17.2 Å². The molecule has 2 aliphatic rings. The molecular formula is C26H34FN5O2. The Kier molecular flexibility index (Phi) is 6.53. The molecule has 3 aromatic rings. The zero-order valence-corrected chi connectivity index (χ0v) is 20.6. The van der Waals surface area contributed by atoms with Gasteiger partial charge in [-0.2, -0.15) is 4.98 Å². The summed E-state index contributed by atoms with van der Waals surface area (Å²) >= 11 is 0. The van der Waals surface area contributed by atoms with Gasteiger partial charge in [0.15, 0.2) is 5.82 Å². The van der Waals surface area contributed by atoms with Gasteiger partial charge in [-0.3, -0.25) is 4.90 Å². The van der Waals surface area contributed by atoms with Crippen LogP contribution in [0.5, 0.6) is 0 Å². The van der Waals surface area contributed by atoms with Crippen LogP contribution in [0.15, 0.2) is 16.7 Å². The number of ether oxygens (including phenoxy) is 1. The van der Waals surface area contributed by atoms with Gasteiger partial charge in [0.2, 0.25) is 0 Å². The molecule has 0 saturated carbocycles. The maximum absolute atomic E-state index is 15.2. The number of pyridine rings is 1. The normalized spacial score (nSPS) is 20.4. The Balaban J connectivity index is 1.52. The van der Waals surface area contributed by atoms with Crippen LogP contribution in [0.1, 0.15) is 43.6 Å². The van der Waals surface area contributed by atoms with Crippen LogP contribution in [0.2, 0.25) is 0 Å². The Labute approximate surface area is 200 Å². The molecule has 0 bridgehead atoms. The number of piperazine rings is 1. The number of fused-ring (bicyclic) bond motifs is 1. The molecule has 0 radical (unpaired) electrons. The van der Waals surface area contributed by atoms with Crippen LogP contribution in [0.3, 0.4) is 0 Å².